The largest absolute Gasteiger partial charge is 0.373 e. The second-order valence-corrected chi connectivity index (χ2v) is 7.60. The van der Waals surface area contributed by atoms with Gasteiger partial charge in [0.15, 0.2) is 0 Å². The maximum atomic E-state index is 11.8. The van der Waals surface area contributed by atoms with Gasteiger partial charge in [0.2, 0.25) is 0 Å². The minimum atomic E-state index is -0.0125. The highest BCUT2D eigenvalue weighted by molar-refractivity contribution is 5.73. The van der Waals surface area contributed by atoms with Crippen LogP contribution in [0.25, 0.3) is 0 Å². The summed E-state index contributed by atoms with van der Waals surface area (Å²) in [5.74, 6) is 3.60. The van der Waals surface area contributed by atoms with E-state index in [0.29, 0.717) is 6.54 Å². The summed E-state index contributed by atoms with van der Waals surface area (Å²) >= 11 is 0. The average molecular weight is 278 g/mol. The van der Waals surface area contributed by atoms with Crippen LogP contribution < -0.4 is 10.6 Å². The van der Waals surface area contributed by atoms with E-state index >= 15 is 0 Å². The molecule has 0 aromatic carbocycles. The monoisotopic (exact) mass is 278 g/mol. The lowest BCUT2D eigenvalue weighted by atomic mass is 9.74. The predicted octanol–water partition coefficient (Wildman–Crippen LogP) is 2.29. The molecule has 0 radical (unpaired) electrons. The van der Waals surface area contributed by atoms with E-state index in [9.17, 15) is 4.79 Å². The van der Waals surface area contributed by atoms with E-state index in [2.05, 4.69) is 10.6 Å². The molecule has 5 fully saturated rings. The molecule has 3 unspecified atom stereocenters. The molecule has 0 aromatic rings. The Morgan fingerprint density at radius 1 is 1.15 bits per heavy atom. The van der Waals surface area contributed by atoms with E-state index in [0.717, 1.165) is 56.1 Å². The van der Waals surface area contributed by atoms with Crippen LogP contribution in [0.15, 0.2) is 0 Å². The fourth-order valence-corrected chi connectivity index (χ4v) is 5.12. The summed E-state index contributed by atoms with van der Waals surface area (Å²) < 4.78 is 5.74. The van der Waals surface area contributed by atoms with Crippen LogP contribution in [0.4, 0.5) is 4.79 Å². The molecule has 2 heterocycles. The van der Waals surface area contributed by atoms with Crippen LogP contribution in [-0.2, 0) is 4.74 Å². The SMILES string of the molecule is O=C(NCCC1CC2CCC1C2)NCC12CC(CO1)C2. The number of hydrogen-bond acceptors (Lipinski definition) is 2. The summed E-state index contributed by atoms with van der Waals surface area (Å²) in [6.07, 6.45) is 9.19. The van der Waals surface area contributed by atoms with Gasteiger partial charge in [-0.2, -0.15) is 0 Å². The Labute approximate surface area is 121 Å². The molecule has 4 nitrogen and oxygen atoms in total. The summed E-state index contributed by atoms with van der Waals surface area (Å²) in [7, 11) is 0. The van der Waals surface area contributed by atoms with Gasteiger partial charge < -0.3 is 15.4 Å². The maximum absolute atomic E-state index is 11.8. The van der Waals surface area contributed by atoms with Crippen molar-refractivity contribution in [3.63, 3.8) is 0 Å². The molecule has 5 rings (SSSR count). The molecule has 4 heteroatoms. The Morgan fingerprint density at radius 3 is 2.70 bits per heavy atom. The third-order valence-corrected chi connectivity index (χ3v) is 6.20. The van der Waals surface area contributed by atoms with Gasteiger partial charge in [-0.25, -0.2) is 4.79 Å². The second kappa shape index (κ2) is 4.90. The Morgan fingerprint density at radius 2 is 2.05 bits per heavy atom. The number of rotatable bonds is 5. The van der Waals surface area contributed by atoms with Crippen LogP contribution in [-0.4, -0.2) is 31.3 Å². The van der Waals surface area contributed by atoms with Gasteiger partial charge in [0, 0.05) is 13.1 Å². The molecule has 2 N–H and O–H groups in total. The molecule has 112 valence electrons. The van der Waals surface area contributed by atoms with E-state index in [1.54, 1.807) is 0 Å². The van der Waals surface area contributed by atoms with Gasteiger partial charge in [-0.3, -0.25) is 0 Å². The molecule has 0 spiro atoms. The zero-order valence-corrected chi connectivity index (χ0v) is 12.2. The van der Waals surface area contributed by atoms with Crippen molar-refractivity contribution in [1.82, 2.24) is 10.6 Å². The summed E-state index contributed by atoms with van der Waals surface area (Å²) in [5.41, 5.74) is -0.00733. The fraction of sp³-hybridized carbons (Fsp3) is 0.938. The average Bonchev–Trinajstić information content (AvgIpc) is 3.15. The number of nitrogens with one attached hydrogen (secondary N) is 2. The van der Waals surface area contributed by atoms with Crippen molar-refractivity contribution in [2.45, 2.75) is 50.5 Å². The highest BCUT2D eigenvalue weighted by Crippen LogP contribution is 2.49. The van der Waals surface area contributed by atoms with Gasteiger partial charge >= 0.3 is 6.03 Å². The third-order valence-electron chi connectivity index (χ3n) is 6.20. The van der Waals surface area contributed by atoms with Gasteiger partial charge in [-0.15, -0.1) is 0 Å². The van der Waals surface area contributed by atoms with Crippen molar-refractivity contribution in [2.75, 3.05) is 19.7 Å². The fourth-order valence-electron chi connectivity index (χ4n) is 5.12. The normalized spacial score (nSPS) is 44.4. The van der Waals surface area contributed by atoms with Gasteiger partial charge in [0.1, 0.15) is 0 Å². The van der Waals surface area contributed by atoms with Crippen LogP contribution in [0.1, 0.15) is 44.9 Å². The van der Waals surface area contributed by atoms with Gasteiger partial charge in [-0.05, 0) is 62.2 Å². The van der Waals surface area contributed by atoms with E-state index in [1.807, 2.05) is 0 Å². The van der Waals surface area contributed by atoms with Crippen LogP contribution in [0, 0.1) is 23.7 Å². The minimum Gasteiger partial charge on any atom is -0.373 e. The van der Waals surface area contributed by atoms with E-state index in [-0.39, 0.29) is 11.6 Å². The van der Waals surface area contributed by atoms with Crippen molar-refractivity contribution >= 4 is 6.03 Å². The molecule has 5 aliphatic rings. The molecule has 4 bridgehead atoms. The van der Waals surface area contributed by atoms with Crippen LogP contribution >= 0.6 is 0 Å². The van der Waals surface area contributed by atoms with Crippen LogP contribution in [0.3, 0.4) is 0 Å². The maximum Gasteiger partial charge on any atom is 0.314 e. The molecule has 2 aliphatic heterocycles. The lowest BCUT2D eigenvalue weighted by Crippen LogP contribution is -2.49. The highest BCUT2D eigenvalue weighted by atomic mass is 16.5. The lowest BCUT2D eigenvalue weighted by Gasteiger charge is -2.35. The first-order valence-corrected chi connectivity index (χ1v) is 8.38. The standard InChI is InChI=1S/C16H26N2O2/c19-15(18-10-16-7-12(8-16)9-20-16)17-4-3-14-6-11-1-2-13(14)5-11/h11-14H,1-10H2,(H2,17,18,19). The number of amides is 2. The molecule has 2 saturated heterocycles. The van der Waals surface area contributed by atoms with Gasteiger partial charge in [0.05, 0.1) is 12.2 Å². The Kier molecular flexibility index (Phi) is 3.17. The first-order chi connectivity index (χ1) is 9.72. The van der Waals surface area contributed by atoms with E-state index in [4.69, 9.17) is 4.74 Å². The minimum absolute atomic E-state index is 0.00733. The molecule has 0 aromatic heterocycles. The highest BCUT2D eigenvalue weighted by Gasteiger charge is 2.51. The summed E-state index contributed by atoms with van der Waals surface area (Å²) in [6.45, 7) is 2.41. The Hall–Kier alpha value is -0.770. The Balaban J connectivity index is 1.12. The zero-order chi connectivity index (χ0) is 13.6. The lowest BCUT2D eigenvalue weighted by molar-refractivity contribution is 0.00510. The first-order valence-electron chi connectivity index (χ1n) is 8.38. The molecular weight excluding hydrogens is 252 g/mol. The number of urea groups is 1. The number of carbonyl (C=O) groups is 1. The molecule has 20 heavy (non-hydrogen) atoms. The van der Waals surface area contributed by atoms with Crippen molar-refractivity contribution in [3.8, 4) is 0 Å². The van der Waals surface area contributed by atoms with Crippen molar-refractivity contribution in [1.29, 1.82) is 0 Å². The summed E-state index contributed by atoms with van der Waals surface area (Å²) in [5, 5.41) is 6.01. The quantitative estimate of drug-likeness (QED) is 0.810. The number of carbonyl (C=O) groups excluding carboxylic acids is 1. The number of hydrogen-bond donors (Lipinski definition) is 2. The number of ether oxygens (including phenoxy) is 1. The molecular formula is C16H26N2O2. The van der Waals surface area contributed by atoms with Crippen molar-refractivity contribution in [3.05, 3.63) is 0 Å². The third kappa shape index (κ3) is 2.32. The molecule has 3 saturated carbocycles. The zero-order valence-electron chi connectivity index (χ0n) is 12.2. The predicted molar refractivity (Wildman–Crippen MR) is 76.4 cm³/mol. The summed E-state index contributed by atoms with van der Waals surface area (Å²) in [4.78, 5) is 11.8. The molecule has 2 amide bonds. The van der Waals surface area contributed by atoms with Crippen LogP contribution in [0.2, 0.25) is 0 Å². The van der Waals surface area contributed by atoms with Crippen molar-refractivity contribution < 1.29 is 9.53 Å². The smallest absolute Gasteiger partial charge is 0.314 e. The molecule has 3 atom stereocenters. The second-order valence-electron chi connectivity index (χ2n) is 7.60. The number of fused-ring (bicyclic) bond motifs is 3. The van der Waals surface area contributed by atoms with E-state index < -0.39 is 0 Å². The topological polar surface area (TPSA) is 50.4 Å². The Bertz CT molecular complexity index is 386. The van der Waals surface area contributed by atoms with E-state index in [1.165, 1.54) is 25.7 Å². The van der Waals surface area contributed by atoms with Gasteiger partial charge in [-0.1, -0.05) is 6.42 Å². The molecule has 3 aliphatic carbocycles. The van der Waals surface area contributed by atoms with Crippen molar-refractivity contribution in [2.24, 2.45) is 23.7 Å². The van der Waals surface area contributed by atoms with Gasteiger partial charge in [0.25, 0.3) is 0 Å². The summed E-state index contributed by atoms with van der Waals surface area (Å²) in [6, 6.07) is -0.0125. The van der Waals surface area contributed by atoms with Crippen LogP contribution in [0.5, 0.6) is 0 Å². The first kappa shape index (κ1) is 12.9.